The van der Waals surface area contributed by atoms with Crippen molar-refractivity contribution < 1.29 is 9.94 Å². The third-order valence-corrected chi connectivity index (χ3v) is 3.26. The Balaban J connectivity index is 2.08. The quantitative estimate of drug-likeness (QED) is 0.381. The van der Waals surface area contributed by atoms with E-state index in [4.69, 9.17) is 27.3 Å². The lowest BCUT2D eigenvalue weighted by molar-refractivity contribution is 0.301. The highest BCUT2D eigenvalue weighted by molar-refractivity contribution is 9.10. The lowest BCUT2D eigenvalue weighted by Crippen LogP contribution is -2.12. The zero-order valence-electron chi connectivity index (χ0n) is 10.3. The van der Waals surface area contributed by atoms with Gasteiger partial charge in [-0.1, -0.05) is 16.8 Å². The van der Waals surface area contributed by atoms with E-state index in [1.807, 2.05) is 12.1 Å². The first-order chi connectivity index (χ1) is 9.60. The van der Waals surface area contributed by atoms with E-state index >= 15 is 0 Å². The van der Waals surface area contributed by atoms with E-state index in [1.54, 1.807) is 24.4 Å². The molecule has 104 valence electrons. The van der Waals surface area contributed by atoms with Gasteiger partial charge in [-0.3, -0.25) is 4.98 Å². The van der Waals surface area contributed by atoms with Crippen molar-refractivity contribution in [2.75, 3.05) is 0 Å². The summed E-state index contributed by atoms with van der Waals surface area (Å²) in [5.74, 6) is 0.499. The van der Waals surface area contributed by atoms with Gasteiger partial charge in [0, 0.05) is 16.2 Å². The third kappa shape index (κ3) is 3.61. The van der Waals surface area contributed by atoms with Gasteiger partial charge in [0.2, 0.25) is 0 Å². The van der Waals surface area contributed by atoms with Gasteiger partial charge in [0.05, 0.1) is 10.7 Å². The first kappa shape index (κ1) is 14.6. The molecule has 0 unspecified atom stereocenters. The standard InChI is InChI=1S/C13H11BrClN3O2/c14-9-2-3-10(17-6-9)7-20-12-4-1-8(5-11(12)15)13(16)18-19/h1-6,19H,7H2,(H2,16,18). The van der Waals surface area contributed by atoms with E-state index in [-0.39, 0.29) is 5.84 Å². The first-order valence-electron chi connectivity index (χ1n) is 5.61. The molecule has 2 rings (SSSR count). The molecular formula is C13H11BrClN3O2. The van der Waals surface area contributed by atoms with Crippen LogP contribution >= 0.6 is 27.5 Å². The highest BCUT2D eigenvalue weighted by atomic mass is 79.9. The molecule has 5 nitrogen and oxygen atoms in total. The van der Waals surface area contributed by atoms with Crippen LogP contribution in [0.15, 0.2) is 46.2 Å². The summed E-state index contributed by atoms with van der Waals surface area (Å²) in [6, 6.07) is 8.62. The van der Waals surface area contributed by atoms with Crippen LogP contribution in [0.4, 0.5) is 0 Å². The molecule has 3 N–H and O–H groups in total. The predicted octanol–water partition coefficient (Wildman–Crippen LogP) is 3.17. The van der Waals surface area contributed by atoms with Crippen LogP contribution in [-0.4, -0.2) is 16.0 Å². The maximum absolute atomic E-state index is 8.60. The van der Waals surface area contributed by atoms with Crippen LogP contribution in [0.2, 0.25) is 5.02 Å². The average Bonchev–Trinajstić information content (AvgIpc) is 2.46. The van der Waals surface area contributed by atoms with Gasteiger partial charge >= 0.3 is 0 Å². The van der Waals surface area contributed by atoms with E-state index in [9.17, 15) is 0 Å². The van der Waals surface area contributed by atoms with Crippen LogP contribution in [0.1, 0.15) is 11.3 Å². The van der Waals surface area contributed by atoms with Crippen LogP contribution in [0.25, 0.3) is 0 Å². The maximum Gasteiger partial charge on any atom is 0.170 e. The topological polar surface area (TPSA) is 80.7 Å². The van der Waals surface area contributed by atoms with Crippen molar-refractivity contribution >= 4 is 33.4 Å². The molecule has 0 aliphatic rings. The molecule has 0 amide bonds. The molecule has 0 aliphatic heterocycles. The molecule has 0 saturated heterocycles. The lowest BCUT2D eigenvalue weighted by Gasteiger charge is -2.09. The van der Waals surface area contributed by atoms with E-state index < -0.39 is 0 Å². The molecule has 0 atom stereocenters. The minimum atomic E-state index is -0.00646. The van der Waals surface area contributed by atoms with E-state index in [0.29, 0.717) is 22.9 Å². The average molecular weight is 357 g/mol. The first-order valence-corrected chi connectivity index (χ1v) is 6.78. The second-order valence-electron chi connectivity index (χ2n) is 3.89. The number of aromatic nitrogens is 1. The number of ether oxygens (including phenoxy) is 1. The summed E-state index contributed by atoms with van der Waals surface area (Å²) in [5, 5.41) is 11.9. The predicted molar refractivity (Wildman–Crippen MR) is 80.2 cm³/mol. The van der Waals surface area contributed by atoms with E-state index in [2.05, 4.69) is 26.1 Å². The molecule has 0 radical (unpaired) electrons. The number of oxime groups is 1. The second-order valence-corrected chi connectivity index (χ2v) is 5.21. The van der Waals surface area contributed by atoms with Gasteiger partial charge in [-0.2, -0.15) is 0 Å². The second kappa shape index (κ2) is 6.58. The number of rotatable bonds is 4. The number of pyridine rings is 1. The van der Waals surface area contributed by atoms with Gasteiger partial charge in [-0.25, -0.2) is 0 Å². The normalized spacial score (nSPS) is 11.4. The monoisotopic (exact) mass is 355 g/mol. The minimum absolute atomic E-state index is 0.00646. The molecule has 1 aromatic heterocycles. The summed E-state index contributed by atoms with van der Waals surface area (Å²) in [7, 11) is 0. The highest BCUT2D eigenvalue weighted by Crippen LogP contribution is 2.26. The molecule has 0 saturated carbocycles. The third-order valence-electron chi connectivity index (χ3n) is 2.50. The molecule has 20 heavy (non-hydrogen) atoms. The van der Waals surface area contributed by atoms with Crippen molar-refractivity contribution in [1.29, 1.82) is 0 Å². The smallest absolute Gasteiger partial charge is 0.170 e. The summed E-state index contributed by atoms with van der Waals surface area (Å²) in [6.07, 6.45) is 1.70. The summed E-state index contributed by atoms with van der Waals surface area (Å²) in [4.78, 5) is 4.19. The van der Waals surface area contributed by atoms with Gasteiger partial charge in [0.15, 0.2) is 5.84 Å². The van der Waals surface area contributed by atoms with Crippen molar-refractivity contribution in [3.8, 4) is 5.75 Å². The van der Waals surface area contributed by atoms with E-state index in [1.165, 1.54) is 0 Å². The Bertz CT molecular complexity index is 632. The van der Waals surface area contributed by atoms with Crippen LogP contribution in [0, 0.1) is 0 Å². The van der Waals surface area contributed by atoms with Crippen LogP contribution in [-0.2, 0) is 6.61 Å². The molecular weight excluding hydrogens is 346 g/mol. The van der Waals surface area contributed by atoms with Crippen LogP contribution < -0.4 is 10.5 Å². The SMILES string of the molecule is N/C(=N/O)c1ccc(OCc2ccc(Br)cn2)c(Cl)c1. The van der Waals surface area contributed by atoms with Gasteiger partial charge in [0.1, 0.15) is 12.4 Å². The zero-order valence-corrected chi connectivity index (χ0v) is 12.6. The Labute approximate surface area is 129 Å². The van der Waals surface area contributed by atoms with Gasteiger partial charge in [-0.15, -0.1) is 0 Å². The Kier molecular flexibility index (Phi) is 4.81. The summed E-state index contributed by atoms with van der Waals surface area (Å²) in [6.45, 7) is 0.302. The Morgan fingerprint density at radius 1 is 1.40 bits per heavy atom. The molecule has 1 heterocycles. The van der Waals surface area contributed by atoms with Gasteiger partial charge in [-0.05, 0) is 46.3 Å². The number of nitrogens with zero attached hydrogens (tertiary/aromatic N) is 2. The number of benzene rings is 1. The van der Waals surface area contributed by atoms with Gasteiger partial charge < -0.3 is 15.7 Å². The highest BCUT2D eigenvalue weighted by Gasteiger charge is 2.06. The van der Waals surface area contributed by atoms with Crippen molar-refractivity contribution in [1.82, 2.24) is 4.98 Å². The number of hydrogen-bond acceptors (Lipinski definition) is 4. The summed E-state index contributed by atoms with van der Waals surface area (Å²) >= 11 is 9.39. The maximum atomic E-state index is 8.60. The summed E-state index contributed by atoms with van der Waals surface area (Å²) < 4.78 is 6.48. The fourth-order valence-corrected chi connectivity index (χ4v) is 1.95. The molecule has 0 aliphatic carbocycles. The molecule has 2 aromatic rings. The number of nitrogens with two attached hydrogens (primary N) is 1. The fourth-order valence-electron chi connectivity index (χ4n) is 1.48. The van der Waals surface area contributed by atoms with Crippen LogP contribution in [0.5, 0.6) is 5.75 Å². The van der Waals surface area contributed by atoms with E-state index in [0.717, 1.165) is 10.2 Å². The minimum Gasteiger partial charge on any atom is -0.486 e. The lowest BCUT2D eigenvalue weighted by atomic mass is 10.2. The molecule has 0 bridgehead atoms. The Hall–Kier alpha value is -1.79. The van der Waals surface area contributed by atoms with Crippen molar-refractivity contribution in [3.05, 3.63) is 57.3 Å². The molecule has 0 spiro atoms. The Morgan fingerprint density at radius 3 is 2.80 bits per heavy atom. The molecule has 0 fully saturated rings. The molecule has 1 aromatic carbocycles. The molecule has 7 heteroatoms. The van der Waals surface area contributed by atoms with Gasteiger partial charge in [0.25, 0.3) is 0 Å². The largest absolute Gasteiger partial charge is 0.486 e. The van der Waals surface area contributed by atoms with Crippen molar-refractivity contribution in [3.63, 3.8) is 0 Å². The summed E-state index contributed by atoms with van der Waals surface area (Å²) in [5.41, 5.74) is 6.78. The number of halogens is 2. The van der Waals surface area contributed by atoms with Crippen molar-refractivity contribution in [2.24, 2.45) is 10.9 Å². The fraction of sp³-hybridized carbons (Fsp3) is 0.0769. The number of amidine groups is 1. The van der Waals surface area contributed by atoms with Crippen molar-refractivity contribution in [2.45, 2.75) is 6.61 Å². The Morgan fingerprint density at radius 2 is 2.20 bits per heavy atom. The zero-order chi connectivity index (χ0) is 14.5. The number of hydrogen-bond donors (Lipinski definition) is 2. The van der Waals surface area contributed by atoms with Crippen LogP contribution in [0.3, 0.4) is 0 Å².